The third-order valence-electron chi connectivity index (χ3n) is 5.99. The Morgan fingerprint density at radius 1 is 1.03 bits per heavy atom. The van der Waals surface area contributed by atoms with Crippen LogP contribution in [0.2, 0.25) is 0 Å². The van der Waals surface area contributed by atoms with Crippen molar-refractivity contribution in [1.82, 2.24) is 19.6 Å². The van der Waals surface area contributed by atoms with E-state index in [0.717, 1.165) is 11.3 Å². The molecule has 5 rings (SSSR count). The summed E-state index contributed by atoms with van der Waals surface area (Å²) in [6, 6.07) is 15.8. The molecule has 0 unspecified atom stereocenters. The normalized spacial score (nSPS) is 10.8. The Morgan fingerprint density at radius 3 is 2.61 bits per heavy atom. The van der Waals surface area contributed by atoms with Crippen molar-refractivity contribution in [3.63, 3.8) is 0 Å². The fraction of sp³-hybridized carbons (Fsp3) is 0.107. The van der Waals surface area contributed by atoms with E-state index in [9.17, 15) is 14.0 Å². The monoisotopic (exact) mass is 511 g/mol. The molecule has 0 saturated heterocycles. The van der Waals surface area contributed by atoms with Gasteiger partial charge in [0.15, 0.2) is 23.5 Å². The molecule has 0 aliphatic rings. The summed E-state index contributed by atoms with van der Waals surface area (Å²) in [5.74, 6) is -0.429. The molecule has 1 N–H and O–H groups in total. The largest absolute Gasteiger partial charge is 0.496 e. The van der Waals surface area contributed by atoms with E-state index < -0.39 is 11.7 Å². The van der Waals surface area contributed by atoms with E-state index in [1.807, 2.05) is 13.8 Å². The van der Waals surface area contributed by atoms with Crippen LogP contribution >= 0.6 is 0 Å². The van der Waals surface area contributed by atoms with E-state index in [4.69, 9.17) is 9.47 Å². The van der Waals surface area contributed by atoms with Gasteiger partial charge in [0, 0.05) is 34.6 Å². The molecule has 2 aromatic carbocycles. The molecule has 0 spiro atoms. The number of hydrogen-bond acceptors (Lipinski definition) is 7. The Hall–Kier alpha value is -5.12. The van der Waals surface area contributed by atoms with Gasteiger partial charge in [0.05, 0.1) is 24.6 Å². The first-order chi connectivity index (χ1) is 18.4. The molecule has 0 atom stereocenters. The third-order valence-corrected chi connectivity index (χ3v) is 5.99. The lowest BCUT2D eigenvalue weighted by molar-refractivity contribution is 0.102. The molecule has 38 heavy (non-hydrogen) atoms. The van der Waals surface area contributed by atoms with E-state index in [1.165, 1.54) is 29.8 Å². The SMILES string of the molecule is COc1ccc(-c2cccc(C(=O)Nc3ccc(Oc4c(C)c(C)nc5ccnn45)c(F)c3)n2)cc1C=O. The first-order valence-electron chi connectivity index (χ1n) is 11.6. The summed E-state index contributed by atoms with van der Waals surface area (Å²) in [4.78, 5) is 33.1. The average Bonchev–Trinajstić information content (AvgIpc) is 3.40. The first-order valence-corrected chi connectivity index (χ1v) is 11.6. The van der Waals surface area contributed by atoms with Gasteiger partial charge in [-0.2, -0.15) is 9.61 Å². The molecule has 0 saturated carbocycles. The lowest BCUT2D eigenvalue weighted by Gasteiger charge is -2.13. The highest BCUT2D eigenvalue weighted by Crippen LogP contribution is 2.30. The van der Waals surface area contributed by atoms with E-state index in [0.29, 0.717) is 40.4 Å². The number of halogens is 1. The second kappa shape index (κ2) is 10.1. The topological polar surface area (TPSA) is 108 Å². The minimum Gasteiger partial charge on any atom is -0.496 e. The van der Waals surface area contributed by atoms with Gasteiger partial charge < -0.3 is 14.8 Å². The van der Waals surface area contributed by atoms with Crippen molar-refractivity contribution in [1.29, 1.82) is 0 Å². The molecule has 1 amide bonds. The van der Waals surface area contributed by atoms with Crippen molar-refractivity contribution >= 4 is 23.5 Å². The highest BCUT2D eigenvalue weighted by Gasteiger charge is 2.16. The average molecular weight is 512 g/mol. The van der Waals surface area contributed by atoms with Crippen molar-refractivity contribution in [2.45, 2.75) is 13.8 Å². The van der Waals surface area contributed by atoms with Crippen LogP contribution in [0.3, 0.4) is 0 Å². The molecule has 5 aromatic rings. The lowest BCUT2D eigenvalue weighted by atomic mass is 10.1. The Bertz CT molecular complexity index is 1700. The molecule has 10 heteroatoms. The molecular weight excluding hydrogens is 489 g/mol. The first kappa shape index (κ1) is 24.6. The number of aromatic nitrogens is 4. The Morgan fingerprint density at radius 2 is 1.84 bits per heavy atom. The Labute approximate surface area is 216 Å². The van der Waals surface area contributed by atoms with E-state index in [2.05, 4.69) is 20.4 Å². The van der Waals surface area contributed by atoms with Crippen molar-refractivity contribution in [2.24, 2.45) is 0 Å². The number of aryl methyl sites for hydroxylation is 1. The number of carbonyl (C=O) groups is 2. The summed E-state index contributed by atoms with van der Waals surface area (Å²) in [6.45, 7) is 3.65. The maximum Gasteiger partial charge on any atom is 0.274 e. The van der Waals surface area contributed by atoms with Gasteiger partial charge in [-0.3, -0.25) is 9.59 Å². The van der Waals surface area contributed by atoms with Gasteiger partial charge in [0.25, 0.3) is 5.91 Å². The highest BCUT2D eigenvalue weighted by atomic mass is 19.1. The zero-order valence-electron chi connectivity index (χ0n) is 20.7. The summed E-state index contributed by atoms with van der Waals surface area (Å²) >= 11 is 0. The standard InChI is InChI=1S/C28H22FN5O4/c1-16-17(2)31-26-11-12-30-34(26)28(16)38-25-10-8-20(14-21(25)29)32-27(36)23-6-4-5-22(33-23)18-7-9-24(37-3)19(13-18)15-35/h4-15H,1-3H3,(H,32,36). The molecule has 0 aliphatic heterocycles. The number of nitrogens with one attached hydrogen (secondary N) is 1. The second-order valence-electron chi connectivity index (χ2n) is 8.41. The van der Waals surface area contributed by atoms with Gasteiger partial charge in [-0.1, -0.05) is 6.07 Å². The molecule has 3 heterocycles. The van der Waals surface area contributed by atoms with Crippen LogP contribution in [0, 0.1) is 19.7 Å². The number of pyridine rings is 1. The lowest BCUT2D eigenvalue weighted by Crippen LogP contribution is -2.14. The number of ether oxygens (including phenoxy) is 2. The molecule has 9 nitrogen and oxygen atoms in total. The maximum atomic E-state index is 15.0. The molecule has 0 bridgehead atoms. The van der Waals surface area contributed by atoms with Crippen molar-refractivity contribution in [3.05, 3.63) is 95.2 Å². The number of fused-ring (bicyclic) bond motifs is 1. The zero-order valence-corrected chi connectivity index (χ0v) is 20.7. The number of anilines is 1. The number of rotatable bonds is 7. The van der Waals surface area contributed by atoms with Gasteiger partial charge in [0.2, 0.25) is 5.88 Å². The van der Waals surface area contributed by atoms with Crippen LogP contribution < -0.4 is 14.8 Å². The fourth-order valence-electron chi connectivity index (χ4n) is 3.89. The molecule has 0 aliphatic carbocycles. The Balaban J connectivity index is 1.36. The predicted octanol–water partition coefficient (Wildman–Crippen LogP) is 5.41. The van der Waals surface area contributed by atoms with E-state index in [1.54, 1.807) is 48.7 Å². The van der Waals surface area contributed by atoms with Gasteiger partial charge in [-0.25, -0.2) is 14.4 Å². The smallest absolute Gasteiger partial charge is 0.274 e. The highest BCUT2D eigenvalue weighted by molar-refractivity contribution is 6.03. The Kier molecular flexibility index (Phi) is 6.53. The summed E-state index contributed by atoms with van der Waals surface area (Å²) in [7, 11) is 1.48. The molecule has 3 aromatic heterocycles. The number of nitrogens with zero attached hydrogens (tertiary/aromatic N) is 4. The molecule has 0 fully saturated rings. The molecular formula is C28H22FN5O4. The van der Waals surface area contributed by atoms with Crippen molar-refractivity contribution in [3.8, 4) is 28.6 Å². The maximum absolute atomic E-state index is 15.0. The summed E-state index contributed by atoms with van der Waals surface area (Å²) < 4.78 is 27.5. The van der Waals surface area contributed by atoms with Gasteiger partial charge in [-0.15, -0.1) is 0 Å². The van der Waals surface area contributed by atoms with E-state index >= 15 is 0 Å². The van der Waals surface area contributed by atoms with Crippen LogP contribution in [-0.2, 0) is 0 Å². The minimum absolute atomic E-state index is 0.0286. The summed E-state index contributed by atoms with van der Waals surface area (Å²) in [5.41, 5.74) is 3.89. The van der Waals surface area contributed by atoms with Crippen LogP contribution in [-0.4, -0.2) is 38.9 Å². The number of amides is 1. The van der Waals surface area contributed by atoms with Crippen LogP contribution in [0.5, 0.6) is 17.4 Å². The second-order valence-corrected chi connectivity index (χ2v) is 8.41. The quantitative estimate of drug-likeness (QED) is 0.291. The molecule has 190 valence electrons. The van der Waals surface area contributed by atoms with Crippen molar-refractivity contribution in [2.75, 3.05) is 12.4 Å². The van der Waals surface area contributed by atoms with Crippen LogP contribution in [0.4, 0.5) is 10.1 Å². The zero-order chi connectivity index (χ0) is 26.8. The molecule has 0 radical (unpaired) electrons. The van der Waals surface area contributed by atoms with Crippen LogP contribution in [0.15, 0.2) is 66.9 Å². The van der Waals surface area contributed by atoms with Gasteiger partial charge in [0.1, 0.15) is 11.4 Å². The van der Waals surface area contributed by atoms with Crippen molar-refractivity contribution < 1.29 is 23.5 Å². The van der Waals surface area contributed by atoms with Gasteiger partial charge in [-0.05, 0) is 56.3 Å². The van der Waals surface area contributed by atoms with Crippen LogP contribution in [0.25, 0.3) is 16.9 Å². The fourth-order valence-corrected chi connectivity index (χ4v) is 3.89. The number of aldehydes is 1. The minimum atomic E-state index is -0.668. The number of hydrogen-bond donors (Lipinski definition) is 1. The number of methoxy groups -OCH3 is 1. The third kappa shape index (κ3) is 4.66. The van der Waals surface area contributed by atoms with E-state index in [-0.39, 0.29) is 17.1 Å². The predicted molar refractivity (Wildman–Crippen MR) is 139 cm³/mol. The summed E-state index contributed by atoms with van der Waals surface area (Å²) in [5, 5.41) is 6.86. The van der Waals surface area contributed by atoms with Gasteiger partial charge >= 0.3 is 0 Å². The summed E-state index contributed by atoms with van der Waals surface area (Å²) in [6.07, 6.45) is 2.28. The number of benzene rings is 2. The van der Waals surface area contributed by atoms with Crippen LogP contribution in [0.1, 0.15) is 32.1 Å². The number of carbonyl (C=O) groups excluding carboxylic acids is 2.